The Kier molecular flexibility index (Phi) is 3.27. The summed E-state index contributed by atoms with van der Waals surface area (Å²) in [5.74, 6) is 0.530. The third-order valence-corrected chi connectivity index (χ3v) is 3.20. The molecule has 1 N–H and O–H groups in total. The zero-order valence-electron chi connectivity index (χ0n) is 11.6. The first-order chi connectivity index (χ1) is 10.2. The van der Waals surface area contributed by atoms with Crippen LogP contribution in [0.5, 0.6) is 11.8 Å². The normalized spacial score (nSPS) is 14.8. The second kappa shape index (κ2) is 5.24. The highest BCUT2D eigenvalue weighted by molar-refractivity contribution is 6.35. The van der Waals surface area contributed by atoms with E-state index in [1.807, 2.05) is 24.3 Å². The fourth-order valence-corrected chi connectivity index (χ4v) is 2.24. The van der Waals surface area contributed by atoms with Gasteiger partial charge in [-0.25, -0.2) is 9.97 Å². The number of benzene rings is 1. The molecule has 0 bridgehead atoms. The molecule has 0 aliphatic carbocycles. The molecule has 6 nitrogen and oxygen atoms in total. The number of ether oxygens (including phenoxy) is 2. The lowest BCUT2D eigenvalue weighted by Crippen LogP contribution is -2.04. The second-order valence-electron chi connectivity index (χ2n) is 4.36. The lowest BCUT2D eigenvalue weighted by Gasteiger charge is -2.08. The van der Waals surface area contributed by atoms with Gasteiger partial charge in [0.15, 0.2) is 0 Å². The molecule has 0 unspecified atom stereocenters. The molecule has 0 radical (unpaired) electrons. The van der Waals surface area contributed by atoms with Crippen LogP contribution in [0.4, 0.5) is 5.69 Å². The number of hydrogen-bond donors (Lipinski definition) is 1. The number of amides is 1. The number of hydrogen-bond acceptors (Lipinski definition) is 5. The highest BCUT2D eigenvalue weighted by atomic mass is 16.5. The molecule has 1 aromatic heterocycles. The van der Waals surface area contributed by atoms with Gasteiger partial charge < -0.3 is 14.8 Å². The van der Waals surface area contributed by atoms with Crippen LogP contribution in [0.1, 0.15) is 11.1 Å². The van der Waals surface area contributed by atoms with E-state index in [-0.39, 0.29) is 5.91 Å². The molecule has 0 saturated carbocycles. The lowest BCUT2D eigenvalue weighted by atomic mass is 10.0. The molecule has 3 rings (SSSR count). The van der Waals surface area contributed by atoms with Gasteiger partial charge in [0.25, 0.3) is 5.91 Å². The molecule has 1 aromatic carbocycles. The van der Waals surface area contributed by atoms with E-state index in [1.54, 1.807) is 6.08 Å². The van der Waals surface area contributed by atoms with Gasteiger partial charge in [-0.1, -0.05) is 18.2 Å². The van der Waals surface area contributed by atoms with Crippen LogP contribution < -0.4 is 14.8 Å². The molecule has 0 fully saturated rings. The summed E-state index contributed by atoms with van der Waals surface area (Å²) in [4.78, 5) is 20.2. The van der Waals surface area contributed by atoms with Crippen LogP contribution in [-0.2, 0) is 4.79 Å². The number of nitrogens with zero attached hydrogens (tertiary/aromatic N) is 2. The molecule has 106 valence electrons. The summed E-state index contributed by atoms with van der Waals surface area (Å²) in [6, 6.07) is 7.48. The van der Waals surface area contributed by atoms with Gasteiger partial charge in [0.1, 0.15) is 6.33 Å². The fourth-order valence-electron chi connectivity index (χ4n) is 2.24. The monoisotopic (exact) mass is 283 g/mol. The average molecular weight is 283 g/mol. The van der Waals surface area contributed by atoms with Crippen molar-refractivity contribution in [2.75, 3.05) is 19.5 Å². The van der Waals surface area contributed by atoms with Crippen molar-refractivity contribution < 1.29 is 14.3 Å². The molecule has 6 heteroatoms. The number of fused-ring (bicyclic) bond motifs is 1. The van der Waals surface area contributed by atoms with Gasteiger partial charge in [0, 0.05) is 16.8 Å². The summed E-state index contributed by atoms with van der Waals surface area (Å²) in [6.07, 6.45) is 3.03. The predicted octanol–water partition coefficient (Wildman–Crippen LogP) is 1.99. The second-order valence-corrected chi connectivity index (χ2v) is 4.36. The summed E-state index contributed by atoms with van der Waals surface area (Å²) in [5, 5.41) is 2.81. The van der Waals surface area contributed by atoms with Crippen molar-refractivity contribution >= 4 is 23.2 Å². The Balaban J connectivity index is 2.17. The van der Waals surface area contributed by atoms with Crippen molar-refractivity contribution in [2.24, 2.45) is 0 Å². The topological polar surface area (TPSA) is 73.3 Å². The van der Waals surface area contributed by atoms with Gasteiger partial charge in [0.05, 0.1) is 19.8 Å². The minimum absolute atomic E-state index is 0.177. The number of aromatic nitrogens is 2. The first-order valence-corrected chi connectivity index (χ1v) is 6.30. The molecule has 0 atom stereocenters. The Bertz CT molecular complexity index is 718. The summed E-state index contributed by atoms with van der Waals surface area (Å²) in [7, 11) is 3.01. The Hall–Kier alpha value is -2.89. The van der Waals surface area contributed by atoms with E-state index in [4.69, 9.17) is 9.47 Å². The molecule has 0 saturated heterocycles. The molecule has 0 spiro atoms. The van der Waals surface area contributed by atoms with Gasteiger partial charge in [-0.05, 0) is 12.1 Å². The number of para-hydroxylation sites is 1. The molecule has 21 heavy (non-hydrogen) atoms. The number of anilines is 1. The Labute approximate surface area is 121 Å². The maximum Gasteiger partial charge on any atom is 0.256 e. The van der Waals surface area contributed by atoms with E-state index in [0.29, 0.717) is 22.9 Å². The number of carbonyl (C=O) groups excluding carboxylic acids is 1. The van der Waals surface area contributed by atoms with E-state index in [9.17, 15) is 4.79 Å². The minimum Gasteiger partial charge on any atom is -0.480 e. The first-order valence-electron chi connectivity index (χ1n) is 6.30. The van der Waals surface area contributed by atoms with E-state index in [2.05, 4.69) is 15.3 Å². The molecular weight excluding hydrogens is 270 g/mol. The van der Waals surface area contributed by atoms with Crippen molar-refractivity contribution in [3.05, 3.63) is 41.7 Å². The van der Waals surface area contributed by atoms with Crippen LogP contribution in [0.25, 0.3) is 11.6 Å². The van der Waals surface area contributed by atoms with Crippen LogP contribution in [-0.4, -0.2) is 30.1 Å². The summed E-state index contributed by atoms with van der Waals surface area (Å²) >= 11 is 0. The van der Waals surface area contributed by atoms with Crippen LogP contribution in [0.3, 0.4) is 0 Å². The molecule has 1 aliphatic heterocycles. The van der Waals surface area contributed by atoms with Crippen LogP contribution in [0, 0.1) is 0 Å². The smallest absolute Gasteiger partial charge is 0.256 e. The zero-order valence-corrected chi connectivity index (χ0v) is 11.6. The highest BCUT2D eigenvalue weighted by Gasteiger charge is 2.25. The standard InChI is InChI=1S/C15H13N3O3/c1-20-14-11(15(21-2)17-8-16-14)7-10-9-5-3-4-6-12(9)18-13(10)19/h3-8H,1-2H3,(H,18,19)/b10-7-. The van der Waals surface area contributed by atoms with Crippen molar-refractivity contribution in [1.29, 1.82) is 0 Å². The van der Waals surface area contributed by atoms with Crippen LogP contribution in [0.2, 0.25) is 0 Å². The van der Waals surface area contributed by atoms with Gasteiger partial charge in [-0.15, -0.1) is 0 Å². The van der Waals surface area contributed by atoms with Crippen molar-refractivity contribution in [3.8, 4) is 11.8 Å². The fraction of sp³-hybridized carbons (Fsp3) is 0.133. The molecule has 1 aliphatic rings. The quantitative estimate of drug-likeness (QED) is 0.872. The number of nitrogens with one attached hydrogen (secondary N) is 1. The van der Waals surface area contributed by atoms with Crippen LogP contribution >= 0.6 is 0 Å². The van der Waals surface area contributed by atoms with Crippen molar-refractivity contribution in [2.45, 2.75) is 0 Å². The van der Waals surface area contributed by atoms with E-state index >= 15 is 0 Å². The number of rotatable bonds is 3. The Morgan fingerprint density at radius 2 is 1.76 bits per heavy atom. The zero-order chi connectivity index (χ0) is 14.8. The molecule has 1 amide bonds. The Morgan fingerprint density at radius 1 is 1.10 bits per heavy atom. The van der Waals surface area contributed by atoms with Crippen molar-refractivity contribution in [3.63, 3.8) is 0 Å². The third-order valence-electron chi connectivity index (χ3n) is 3.20. The van der Waals surface area contributed by atoms with Gasteiger partial charge in [0.2, 0.25) is 11.8 Å². The number of methoxy groups -OCH3 is 2. The molecule has 2 aromatic rings. The summed E-state index contributed by atoms with van der Waals surface area (Å²) in [6.45, 7) is 0. The Morgan fingerprint density at radius 3 is 2.43 bits per heavy atom. The van der Waals surface area contributed by atoms with Crippen molar-refractivity contribution in [1.82, 2.24) is 9.97 Å². The van der Waals surface area contributed by atoms with Gasteiger partial charge in [-0.3, -0.25) is 4.79 Å². The highest BCUT2D eigenvalue weighted by Crippen LogP contribution is 2.35. The summed E-state index contributed by atoms with van der Waals surface area (Å²) in [5.41, 5.74) is 2.67. The average Bonchev–Trinajstić information content (AvgIpc) is 2.83. The lowest BCUT2D eigenvalue weighted by molar-refractivity contribution is -0.110. The first kappa shape index (κ1) is 13.1. The van der Waals surface area contributed by atoms with E-state index < -0.39 is 0 Å². The SMILES string of the molecule is COc1ncnc(OC)c1/C=C1\C(=O)Nc2ccccc21. The van der Waals surface area contributed by atoms with E-state index in [0.717, 1.165) is 11.3 Å². The maximum absolute atomic E-state index is 12.1. The molecule has 2 heterocycles. The van der Waals surface area contributed by atoms with E-state index in [1.165, 1.54) is 20.5 Å². The minimum atomic E-state index is -0.177. The summed E-state index contributed by atoms with van der Waals surface area (Å²) < 4.78 is 10.4. The maximum atomic E-state index is 12.1. The largest absolute Gasteiger partial charge is 0.480 e. The third kappa shape index (κ3) is 2.20. The van der Waals surface area contributed by atoms with Gasteiger partial charge in [-0.2, -0.15) is 0 Å². The predicted molar refractivity (Wildman–Crippen MR) is 78.1 cm³/mol. The van der Waals surface area contributed by atoms with Gasteiger partial charge >= 0.3 is 0 Å². The molecular formula is C15H13N3O3. The number of carbonyl (C=O) groups is 1. The van der Waals surface area contributed by atoms with Crippen LogP contribution in [0.15, 0.2) is 30.6 Å².